The molecule has 2 aliphatic heterocycles. The molecule has 0 aromatic heterocycles. The average Bonchev–Trinajstić information content (AvgIpc) is 2.90. The third kappa shape index (κ3) is 14.6. The lowest BCUT2D eigenvalue weighted by Crippen LogP contribution is -2.63. The number of esters is 4. The topological polar surface area (TPSA) is 186 Å². The summed E-state index contributed by atoms with van der Waals surface area (Å²) in [6.07, 6.45) is 5.03. The molecule has 0 aromatic rings. The molecule has 2 fully saturated rings. The number of carbonyl (C=O) groups excluding carboxylic acids is 8. The van der Waals surface area contributed by atoms with Gasteiger partial charge in [-0.2, -0.15) is 0 Å². The van der Waals surface area contributed by atoms with Crippen molar-refractivity contribution in [2.45, 2.75) is 91.1 Å². The number of aldehydes is 2. The Hall–Kier alpha value is -3.48. The molecule has 0 radical (unpaired) electrons. The standard InChI is InChI=1S/C14H21NO5.C9H14O5.C5H8O2/c1-3-19-13(17)10-8-6-5-7-9(15-8)11(12(10)16)14(18)20-4-2;1-3-13-8(11)5-7(10)6-9(12)14-4-2;6-4-2-1-3-5-7/h8-11,15H,3-7H2,1-2H3;3-6H2,1-2H3;4-5H,1-3H2. The van der Waals surface area contributed by atoms with E-state index in [0.29, 0.717) is 19.3 Å². The number of hydrogen-bond donors (Lipinski definition) is 1. The molecular weight excluding hydrogens is 542 g/mol. The van der Waals surface area contributed by atoms with Crippen molar-refractivity contribution in [2.75, 3.05) is 26.4 Å². The number of nitrogens with one attached hydrogen (secondary N) is 1. The fourth-order valence-corrected chi connectivity index (χ4v) is 4.23. The van der Waals surface area contributed by atoms with Gasteiger partial charge in [0.15, 0.2) is 11.6 Å². The molecule has 13 nitrogen and oxygen atoms in total. The normalized spacial score (nSPS) is 20.4. The lowest BCUT2D eigenvalue weighted by Gasteiger charge is -2.42. The van der Waals surface area contributed by atoms with E-state index in [1.807, 2.05) is 0 Å². The van der Waals surface area contributed by atoms with Crippen LogP contribution >= 0.6 is 0 Å². The molecule has 232 valence electrons. The second-order valence-electron chi connectivity index (χ2n) is 8.94. The van der Waals surface area contributed by atoms with E-state index in [1.165, 1.54) is 0 Å². The predicted molar refractivity (Wildman–Crippen MR) is 143 cm³/mol. The highest BCUT2D eigenvalue weighted by Gasteiger charge is 2.52. The van der Waals surface area contributed by atoms with Gasteiger partial charge in [-0.15, -0.1) is 0 Å². The van der Waals surface area contributed by atoms with E-state index in [2.05, 4.69) is 14.8 Å². The Labute approximate surface area is 240 Å². The monoisotopic (exact) mass is 585 g/mol. The lowest BCUT2D eigenvalue weighted by molar-refractivity contribution is -0.164. The van der Waals surface area contributed by atoms with E-state index in [0.717, 1.165) is 31.8 Å². The molecule has 0 aromatic carbocycles. The van der Waals surface area contributed by atoms with Crippen LogP contribution in [0.2, 0.25) is 0 Å². The number of carbonyl (C=O) groups is 8. The summed E-state index contributed by atoms with van der Waals surface area (Å²) in [6, 6.07) is -0.433. The van der Waals surface area contributed by atoms with Crippen molar-refractivity contribution >= 4 is 48.0 Å². The minimum atomic E-state index is -0.888. The zero-order valence-electron chi connectivity index (χ0n) is 24.3. The zero-order chi connectivity index (χ0) is 31.2. The van der Waals surface area contributed by atoms with Crippen LogP contribution in [-0.2, 0) is 57.3 Å². The largest absolute Gasteiger partial charge is 0.466 e. The van der Waals surface area contributed by atoms with Gasteiger partial charge in [-0.25, -0.2) is 0 Å². The van der Waals surface area contributed by atoms with Crippen LogP contribution in [0.1, 0.15) is 79.1 Å². The average molecular weight is 586 g/mol. The van der Waals surface area contributed by atoms with Gasteiger partial charge in [-0.3, -0.25) is 28.8 Å². The Balaban J connectivity index is 0.000000663. The minimum Gasteiger partial charge on any atom is -0.466 e. The minimum absolute atomic E-state index is 0.217. The van der Waals surface area contributed by atoms with Gasteiger partial charge in [0, 0.05) is 24.9 Å². The van der Waals surface area contributed by atoms with Crippen molar-refractivity contribution in [2.24, 2.45) is 11.8 Å². The van der Waals surface area contributed by atoms with Crippen LogP contribution in [-0.4, -0.2) is 86.5 Å². The molecule has 1 N–H and O–H groups in total. The van der Waals surface area contributed by atoms with Crippen LogP contribution < -0.4 is 5.32 Å². The van der Waals surface area contributed by atoms with Gasteiger partial charge in [0.1, 0.15) is 37.2 Å². The van der Waals surface area contributed by atoms with Crippen LogP contribution in [0.3, 0.4) is 0 Å². The fourth-order valence-electron chi connectivity index (χ4n) is 4.23. The van der Waals surface area contributed by atoms with Gasteiger partial charge >= 0.3 is 23.9 Å². The third-order valence-corrected chi connectivity index (χ3v) is 5.89. The van der Waals surface area contributed by atoms with Gasteiger partial charge in [0.2, 0.25) is 0 Å². The highest BCUT2D eigenvalue weighted by atomic mass is 16.5. The number of hydrogen-bond acceptors (Lipinski definition) is 13. The molecule has 0 amide bonds. The predicted octanol–water partition coefficient (Wildman–Crippen LogP) is 1.45. The van der Waals surface area contributed by atoms with E-state index in [9.17, 15) is 38.4 Å². The van der Waals surface area contributed by atoms with Crippen LogP contribution in [0.4, 0.5) is 0 Å². The summed E-state index contributed by atoms with van der Waals surface area (Å²) in [5, 5.41) is 3.24. The van der Waals surface area contributed by atoms with Gasteiger partial charge in [0.05, 0.1) is 26.4 Å². The summed E-state index contributed by atoms with van der Waals surface area (Å²) in [5.41, 5.74) is 0. The van der Waals surface area contributed by atoms with Gasteiger partial charge in [-0.1, -0.05) is 6.42 Å². The molecule has 0 saturated carbocycles. The second-order valence-corrected chi connectivity index (χ2v) is 8.94. The maximum Gasteiger partial charge on any atom is 0.318 e. The van der Waals surface area contributed by atoms with Crippen LogP contribution in [0, 0.1) is 11.8 Å². The summed E-state index contributed by atoms with van der Waals surface area (Å²) in [7, 11) is 0. The number of fused-ring (bicyclic) bond motifs is 2. The number of ether oxygens (including phenoxy) is 4. The zero-order valence-corrected chi connectivity index (χ0v) is 24.3. The Morgan fingerprint density at radius 1 is 0.707 bits per heavy atom. The molecule has 2 bridgehead atoms. The van der Waals surface area contributed by atoms with Crippen molar-refractivity contribution in [1.29, 1.82) is 0 Å². The molecule has 2 aliphatic rings. The van der Waals surface area contributed by atoms with Crippen LogP contribution in [0.5, 0.6) is 0 Å². The Kier molecular flexibility index (Phi) is 20.3. The van der Waals surface area contributed by atoms with Crippen LogP contribution in [0.25, 0.3) is 0 Å². The molecule has 0 spiro atoms. The SMILES string of the molecule is CCOC(=O)C1C(=O)C(C(=O)OCC)C2CCCC1N2.CCOC(=O)CC(=O)CC(=O)OCC.O=CCCCC=O. The Morgan fingerprint density at radius 3 is 1.44 bits per heavy atom. The molecule has 4 atom stereocenters. The number of Topliss-reactive ketones (excluding diaryl/α,β-unsaturated/α-hetero) is 2. The number of unbranched alkanes of at least 4 members (excludes halogenated alkanes) is 2. The van der Waals surface area contributed by atoms with E-state index >= 15 is 0 Å². The smallest absolute Gasteiger partial charge is 0.318 e. The summed E-state index contributed by atoms with van der Waals surface area (Å²) in [6.45, 7) is 7.60. The number of piperidine rings is 2. The van der Waals surface area contributed by atoms with E-state index < -0.39 is 41.5 Å². The highest BCUT2D eigenvalue weighted by molar-refractivity contribution is 6.10. The molecule has 4 unspecified atom stereocenters. The van der Waals surface area contributed by atoms with Gasteiger partial charge in [-0.05, 0) is 47.0 Å². The van der Waals surface area contributed by atoms with Gasteiger partial charge < -0.3 is 33.9 Å². The quantitative estimate of drug-likeness (QED) is 0.102. The molecule has 41 heavy (non-hydrogen) atoms. The summed E-state index contributed by atoms with van der Waals surface area (Å²) in [5.74, 6) is -4.91. The van der Waals surface area contributed by atoms with Crippen molar-refractivity contribution < 1.29 is 57.3 Å². The van der Waals surface area contributed by atoms with E-state index in [1.54, 1.807) is 27.7 Å². The Morgan fingerprint density at radius 2 is 1.10 bits per heavy atom. The van der Waals surface area contributed by atoms with Crippen molar-refractivity contribution in [3.05, 3.63) is 0 Å². The summed E-state index contributed by atoms with van der Waals surface area (Å²) in [4.78, 5) is 88.3. The van der Waals surface area contributed by atoms with Crippen molar-refractivity contribution in [1.82, 2.24) is 5.32 Å². The van der Waals surface area contributed by atoms with Crippen LogP contribution in [0.15, 0.2) is 0 Å². The van der Waals surface area contributed by atoms with Gasteiger partial charge in [0.25, 0.3) is 0 Å². The molecule has 2 rings (SSSR count). The first-order valence-corrected chi connectivity index (χ1v) is 13.9. The molecule has 2 heterocycles. The lowest BCUT2D eigenvalue weighted by atomic mass is 9.72. The highest BCUT2D eigenvalue weighted by Crippen LogP contribution is 2.33. The van der Waals surface area contributed by atoms with E-state index in [4.69, 9.17) is 9.47 Å². The van der Waals surface area contributed by atoms with E-state index in [-0.39, 0.29) is 57.1 Å². The first kappa shape index (κ1) is 37.5. The first-order chi connectivity index (χ1) is 19.6. The maximum atomic E-state index is 12.5. The maximum absolute atomic E-state index is 12.5. The molecule has 2 saturated heterocycles. The van der Waals surface area contributed by atoms with Crippen molar-refractivity contribution in [3.8, 4) is 0 Å². The fraction of sp³-hybridized carbons (Fsp3) is 0.714. The first-order valence-electron chi connectivity index (χ1n) is 13.9. The number of rotatable bonds is 14. The Bertz CT molecular complexity index is 823. The summed E-state index contributed by atoms with van der Waals surface area (Å²) >= 11 is 0. The summed E-state index contributed by atoms with van der Waals surface area (Å²) < 4.78 is 19.0. The second kappa shape index (κ2) is 22.2. The molecule has 13 heteroatoms. The third-order valence-electron chi connectivity index (χ3n) is 5.89. The molecule has 0 aliphatic carbocycles. The molecular formula is C28H43NO12. The van der Waals surface area contributed by atoms with Crippen molar-refractivity contribution in [3.63, 3.8) is 0 Å². The number of ketones is 2.